The predicted octanol–water partition coefficient (Wildman–Crippen LogP) is 2.13. The SMILES string of the molecule is Cc1cccc(NC(=O)C2CCN(S(=O)(=O)c3ccc(C(N)=O)cc3)CC2)c1. The maximum Gasteiger partial charge on any atom is 0.248 e. The first-order valence-electron chi connectivity index (χ1n) is 9.05. The Labute approximate surface area is 164 Å². The zero-order valence-electron chi connectivity index (χ0n) is 15.6. The van der Waals surface area contributed by atoms with Crippen molar-refractivity contribution in [3.63, 3.8) is 0 Å². The van der Waals surface area contributed by atoms with Crippen LogP contribution < -0.4 is 11.1 Å². The van der Waals surface area contributed by atoms with Gasteiger partial charge in [-0.25, -0.2) is 8.42 Å². The van der Waals surface area contributed by atoms with Gasteiger partial charge in [-0.15, -0.1) is 0 Å². The molecule has 0 radical (unpaired) electrons. The van der Waals surface area contributed by atoms with E-state index in [-0.39, 0.29) is 35.4 Å². The van der Waals surface area contributed by atoms with Gasteiger partial charge < -0.3 is 11.1 Å². The van der Waals surface area contributed by atoms with Gasteiger partial charge >= 0.3 is 0 Å². The number of nitrogens with one attached hydrogen (secondary N) is 1. The summed E-state index contributed by atoms with van der Waals surface area (Å²) in [5.41, 5.74) is 7.24. The molecule has 2 amide bonds. The minimum absolute atomic E-state index is 0.0894. The fraction of sp³-hybridized carbons (Fsp3) is 0.300. The molecule has 2 aromatic carbocycles. The third-order valence-electron chi connectivity index (χ3n) is 4.89. The monoisotopic (exact) mass is 401 g/mol. The number of anilines is 1. The molecule has 3 N–H and O–H groups in total. The average Bonchev–Trinajstić information content (AvgIpc) is 2.68. The van der Waals surface area contributed by atoms with E-state index in [9.17, 15) is 18.0 Å². The van der Waals surface area contributed by atoms with Crippen LogP contribution in [0.4, 0.5) is 5.69 Å². The minimum Gasteiger partial charge on any atom is -0.366 e. The second-order valence-electron chi connectivity index (χ2n) is 6.93. The molecular formula is C20H23N3O4S. The minimum atomic E-state index is -3.67. The van der Waals surface area contributed by atoms with E-state index in [0.29, 0.717) is 12.8 Å². The van der Waals surface area contributed by atoms with E-state index in [1.54, 1.807) is 0 Å². The van der Waals surface area contributed by atoms with Crippen molar-refractivity contribution >= 4 is 27.5 Å². The molecule has 0 bridgehead atoms. The average molecular weight is 401 g/mol. The fourth-order valence-electron chi connectivity index (χ4n) is 3.27. The molecule has 1 fully saturated rings. The van der Waals surface area contributed by atoms with Crippen molar-refractivity contribution in [2.75, 3.05) is 18.4 Å². The molecule has 1 aliphatic rings. The summed E-state index contributed by atoms with van der Waals surface area (Å²) in [4.78, 5) is 23.7. The topological polar surface area (TPSA) is 110 Å². The summed E-state index contributed by atoms with van der Waals surface area (Å²) in [5, 5.41) is 2.90. The number of carbonyl (C=O) groups excluding carboxylic acids is 2. The highest BCUT2D eigenvalue weighted by Crippen LogP contribution is 2.25. The van der Waals surface area contributed by atoms with Gasteiger partial charge in [0.25, 0.3) is 0 Å². The molecule has 1 saturated heterocycles. The molecule has 8 heteroatoms. The zero-order valence-corrected chi connectivity index (χ0v) is 16.4. The molecule has 148 valence electrons. The molecule has 7 nitrogen and oxygen atoms in total. The summed E-state index contributed by atoms with van der Waals surface area (Å²) in [7, 11) is -3.67. The van der Waals surface area contributed by atoms with Crippen molar-refractivity contribution in [1.82, 2.24) is 4.31 Å². The lowest BCUT2D eigenvalue weighted by Crippen LogP contribution is -2.41. The van der Waals surface area contributed by atoms with Crippen molar-refractivity contribution in [2.24, 2.45) is 11.7 Å². The Hall–Kier alpha value is -2.71. The summed E-state index contributed by atoms with van der Waals surface area (Å²) in [6.45, 7) is 2.49. The number of hydrogen-bond acceptors (Lipinski definition) is 4. The Morgan fingerprint density at radius 3 is 2.29 bits per heavy atom. The number of carbonyl (C=O) groups is 2. The smallest absolute Gasteiger partial charge is 0.248 e. The maximum absolute atomic E-state index is 12.8. The Balaban J connectivity index is 1.62. The maximum atomic E-state index is 12.8. The van der Waals surface area contributed by atoms with Gasteiger partial charge in [-0.3, -0.25) is 9.59 Å². The van der Waals surface area contributed by atoms with Crippen LogP contribution in [-0.2, 0) is 14.8 Å². The third-order valence-corrected chi connectivity index (χ3v) is 6.80. The van der Waals surface area contributed by atoms with Gasteiger partial charge in [0.15, 0.2) is 0 Å². The van der Waals surface area contributed by atoms with Crippen molar-refractivity contribution in [1.29, 1.82) is 0 Å². The fourth-order valence-corrected chi connectivity index (χ4v) is 4.74. The van der Waals surface area contributed by atoms with Crippen LogP contribution in [0, 0.1) is 12.8 Å². The first kappa shape index (κ1) is 20.0. The quantitative estimate of drug-likeness (QED) is 0.800. The zero-order chi connectivity index (χ0) is 20.3. The molecular weight excluding hydrogens is 378 g/mol. The van der Waals surface area contributed by atoms with Crippen LogP contribution >= 0.6 is 0 Å². The molecule has 0 aromatic heterocycles. The number of rotatable bonds is 5. The summed E-state index contributed by atoms with van der Waals surface area (Å²) in [5.74, 6) is -0.929. The van der Waals surface area contributed by atoms with Crippen LogP contribution in [0.25, 0.3) is 0 Å². The highest BCUT2D eigenvalue weighted by molar-refractivity contribution is 7.89. The van der Waals surface area contributed by atoms with E-state index >= 15 is 0 Å². The number of primary amides is 1. The molecule has 1 aliphatic heterocycles. The largest absolute Gasteiger partial charge is 0.366 e. The summed E-state index contributed by atoms with van der Waals surface area (Å²) in [6.07, 6.45) is 0.909. The molecule has 3 rings (SSSR count). The third kappa shape index (κ3) is 4.40. The highest BCUT2D eigenvalue weighted by atomic mass is 32.2. The molecule has 0 unspecified atom stereocenters. The van der Waals surface area contributed by atoms with Crippen molar-refractivity contribution in [3.05, 3.63) is 59.7 Å². The van der Waals surface area contributed by atoms with Crippen molar-refractivity contribution in [2.45, 2.75) is 24.7 Å². The lowest BCUT2D eigenvalue weighted by atomic mass is 9.97. The van der Waals surface area contributed by atoms with E-state index in [1.807, 2.05) is 31.2 Å². The van der Waals surface area contributed by atoms with Crippen LogP contribution in [-0.4, -0.2) is 37.6 Å². The second kappa shape index (κ2) is 8.12. The van der Waals surface area contributed by atoms with Crippen LogP contribution in [0.2, 0.25) is 0 Å². The highest BCUT2D eigenvalue weighted by Gasteiger charge is 2.32. The normalized spacial score (nSPS) is 15.9. The molecule has 0 aliphatic carbocycles. The molecule has 28 heavy (non-hydrogen) atoms. The Bertz CT molecular complexity index is 979. The van der Waals surface area contributed by atoms with Crippen LogP contribution in [0.1, 0.15) is 28.8 Å². The number of amides is 2. The summed E-state index contributed by atoms with van der Waals surface area (Å²) in [6, 6.07) is 13.1. The Kier molecular flexibility index (Phi) is 5.81. The number of nitrogens with zero attached hydrogens (tertiary/aromatic N) is 1. The first-order valence-corrected chi connectivity index (χ1v) is 10.5. The second-order valence-corrected chi connectivity index (χ2v) is 8.86. The van der Waals surface area contributed by atoms with Gasteiger partial charge in [0.05, 0.1) is 4.90 Å². The Morgan fingerprint density at radius 1 is 1.07 bits per heavy atom. The number of nitrogens with two attached hydrogens (primary N) is 1. The van der Waals surface area contributed by atoms with Gasteiger partial charge in [-0.05, 0) is 61.7 Å². The molecule has 0 atom stereocenters. The first-order chi connectivity index (χ1) is 13.3. The number of sulfonamides is 1. The van der Waals surface area contributed by atoms with Gasteiger partial charge in [0.2, 0.25) is 21.8 Å². The summed E-state index contributed by atoms with van der Waals surface area (Å²) >= 11 is 0. The predicted molar refractivity (Wildman–Crippen MR) is 106 cm³/mol. The van der Waals surface area contributed by atoms with E-state index in [0.717, 1.165) is 11.3 Å². The van der Waals surface area contributed by atoms with Gasteiger partial charge in [-0.1, -0.05) is 12.1 Å². The van der Waals surface area contributed by atoms with E-state index in [2.05, 4.69) is 5.32 Å². The number of benzene rings is 2. The lowest BCUT2D eigenvalue weighted by molar-refractivity contribution is -0.120. The van der Waals surface area contributed by atoms with Crippen LogP contribution in [0.15, 0.2) is 53.4 Å². The standard InChI is InChI=1S/C20H23N3O4S/c1-14-3-2-4-17(13-14)22-20(25)16-9-11-23(12-10-16)28(26,27)18-7-5-15(6-8-18)19(21)24/h2-8,13,16H,9-12H2,1H3,(H2,21,24)(H,22,25). The number of aryl methyl sites for hydroxylation is 1. The lowest BCUT2D eigenvalue weighted by Gasteiger charge is -2.30. The molecule has 0 saturated carbocycles. The number of hydrogen-bond donors (Lipinski definition) is 2. The van der Waals surface area contributed by atoms with E-state index in [4.69, 9.17) is 5.73 Å². The molecule has 1 heterocycles. The van der Waals surface area contributed by atoms with Crippen LogP contribution in [0.3, 0.4) is 0 Å². The van der Waals surface area contributed by atoms with Crippen molar-refractivity contribution < 1.29 is 18.0 Å². The van der Waals surface area contributed by atoms with E-state index < -0.39 is 15.9 Å². The summed E-state index contributed by atoms with van der Waals surface area (Å²) < 4.78 is 26.9. The Morgan fingerprint density at radius 2 is 1.71 bits per heavy atom. The molecule has 0 spiro atoms. The van der Waals surface area contributed by atoms with Crippen molar-refractivity contribution in [3.8, 4) is 0 Å². The van der Waals surface area contributed by atoms with Crippen LogP contribution in [0.5, 0.6) is 0 Å². The van der Waals surface area contributed by atoms with Gasteiger partial charge in [0.1, 0.15) is 0 Å². The van der Waals surface area contributed by atoms with Gasteiger partial charge in [0, 0.05) is 30.3 Å². The van der Waals surface area contributed by atoms with E-state index in [1.165, 1.54) is 28.6 Å². The van der Waals surface area contributed by atoms with Gasteiger partial charge in [-0.2, -0.15) is 4.31 Å². The number of piperidine rings is 1. The molecule has 2 aromatic rings.